The fourth-order valence-electron chi connectivity index (χ4n) is 2.04. The maximum Gasteiger partial charge on any atom is 0.127 e. The number of halogens is 1. The van der Waals surface area contributed by atoms with Crippen molar-refractivity contribution in [1.29, 1.82) is 0 Å². The summed E-state index contributed by atoms with van der Waals surface area (Å²) in [6, 6.07) is 5.62. The fourth-order valence-corrected chi connectivity index (χ4v) is 2.04. The van der Waals surface area contributed by atoms with E-state index in [2.05, 4.69) is 19.2 Å². The third-order valence-corrected chi connectivity index (χ3v) is 3.30. The van der Waals surface area contributed by atoms with E-state index in [4.69, 9.17) is 4.74 Å². The summed E-state index contributed by atoms with van der Waals surface area (Å²) in [5, 5.41) is 3.39. The number of rotatable bonds is 8. The van der Waals surface area contributed by atoms with Crippen molar-refractivity contribution in [3.8, 4) is 5.75 Å². The van der Waals surface area contributed by atoms with Crippen molar-refractivity contribution < 1.29 is 9.13 Å². The van der Waals surface area contributed by atoms with Gasteiger partial charge in [0.2, 0.25) is 0 Å². The van der Waals surface area contributed by atoms with Gasteiger partial charge in [0.15, 0.2) is 0 Å². The Morgan fingerprint density at radius 1 is 1.32 bits per heavy atom. The summed E-state index contributed by atoms with van der Waals surface area (Å²) in [5.41, 5.74) is 0.964. The number of hydrogen-bond donors (Lipinski definition) is 1. The Bertz CT molecular complexity index is 402. The molecule has 19 heavy (non-hydrogen) atoms. The number of benzene rings is 1. The first-order valence-electron chi connectivity index (χ1n) is 7.29. The molecule has 1 aliphatic rings. The molecule has 0 aliphatic heterocycles. The molecular weight excluding hydrogens is 241 g/mol. The molecule has 0 spiro atoms. The van der Waals surface area contributed by atoms with Crippen LogP contribution in [0.3, 0.4) is 0 Å². The molecule has 1 aromatic rings. The molecule has 1 aromatic carbocycles. The third-order valence-electron chi connectivity index (χ3n) is 3.30. The number of ether oxygens (including phenoxy) is 1. The Balaban J connectivity index is 1.81. The van der Waals surface area contributed by atoms with Crippen LogP contribution in [0.1, 0.15) is 45.1 Å². The van der Waals surface area contributed by atoms with Gasteiger partial charge >= 0.3 is 0 Å². The van der Waals surface area contributed by atoms with Crippen molar-refractivity contribution in [3.05, 3.63) is 29.6 Å². The van der Waals surface area contributed by atoms with Gasteiger partial charge in [-0.2, -0.15) is 0 Å². The van der Waals surface area contributed by atoms with E-state index in [1.807, 2.05) is 6.07 Å². The van der Waals surface area contributed by atoms with Crippen LogP contribution in [-0.2, 0) is 6.54 Å². The van der Waals surface area contributed by atoms with Crippen LogP contribution in [0.15, 0.2) is 18.2 Å². The van der Waals surface area contributed by atoms with E-state index in [-0.39, 0.29) is 5.82 Å². The van der Waals surface area contributed by atoms with E-state index in [0.29, 0.717) is 24.3 Å². The molecule has 106 valence electrons. The normalized spacial score (nSPS) is 14.9. The Labute approximate surface area is 115 Å². The zero-order chi connectivity index (χ0) is 13.7. The Morgan fingerprint density at radius 2 is 2.11 bits per heavy atom. The topological polar surface area (TPSA) is 21.3 Å². The second-order valence-corrected chi connectivity index (χ2v) is 5.83. The number of hydrogen-bond acceptors (Lipinski definition) is 2. The van der Waals surface area contributed by atoms with Crippen LogP contribution in [0.5, 0.6) is 5.75 Å². The molecule has 3 heteroatoms. The average molecular weight is 265 g/mol. The Kier molecular flexibility index (Phi) is 5.20. The van der Waals surface area contributed by atoms with Crippen LogP contribution in [0.2, 0.25) is 0 Å². The first kappa shape index (κ1) is 14.3. The van der Waals surface area contributed by atoms with Crippen molar-refractivity contribution in [2.24, 2.45) is 5.92 Å². The van der Waals surface area contributed by atoms with Gasteiger partial charge in [0.1, 0.15) is 11.6 Å². The van der Waals surface area contributed by atoms with Crippen molar-refractivity contribution in [2.75, 3.05) is 6.61 Å². The first-order valence-corrected chi connectivity index (χ1v) is 7.29. The predicted molar refractivity (Wildman–Crippen MR) is 75.8 cm³/mol. The highest BCUT2D eigenvalue weighted by Gasteiger charge is 2.20. The lowest BCUT2D eigenvalue weighted by Crippen LogP contribution is -2.15. The van der Waals surface area contributed by atoms with Gasteiger partial charge in [-0.05, 0) is 49.3 Å². The average Bonchev–Trinajstić information content (AvgIpc) is 3.15. The summed E-state index contributed by atoms with van der Waals surface area (Å²) in [7, 11) is 0. The van der Waals surface area contributed by atoms with Gasteiger partial charge in [-0.1, -0.05) is 13.8 Å². The van der Waals surface area contributed by atoms with Crippen LogP contribution in [0.25, 0.3) is 0 Å². The smallest absolute Gasteiger partial charge is 0.127 e. The Morgan fingerprint density at radius 3 is 2.79 bits per heavy atom. The first-order chi connectivity index (χ1) is 9.13. The molecule has 0 atom stereocenters. The fraction of sp³-hybridized carbons (Fsp3) is 0.625. The largest absolute Gasteiger partial charge is 0.493 e. The van der Waals surface area contributed by atoms with Gasteiger partial charge in [0.25, 0.3) is 0 Å². The minimum Gasteiger partial charge on any atom is -0.493 e. The molecule has 1 N–H and O–H groups in total. The molecule has 0 amide bonds. The van der Waals surface area contributed by atoms with Gasteiger partial charge in [0, 0.05) is 18.7 Å². The lowest BCUT2D eigenvalue weighted by Gasteiger charge is -2.10. The van der Waals surface area contributed by atoms with Crippen LogP contribution in [0, 0.1) is 11.7 Å². The molecule has 2 nitrogen and oxygen atoms in total. The summed E-state index contributed by atoms with van der Waals surface area (Å²) in [4.78, 5) is 0. The highest BCUT2D eigenvalue weighted by Crippen LogP contribution is 2.21. The maximum absolute atomic E-state index is 13.5. The van der Waals surface area contributed by atoms with E-state index in [9.17, 15) is 4.39 Å². The predicted octanol–water partition coefficient (Wildman–Crippen LogP) is 3.89. The molecule has 1 saturated carbocycles. The standard InChI is InChI=1S/C16H24FNO/c1-12(2)4-3-7-19-16-9-13(8-14(17)10-16)11-18-15-5-6-15/h8-10,12,15,18H,3-7,11H2,1-2H3. The third kappa shape index (κ3) is 5.60. The molecule has 2 rings (SSSR count). The molecule has 1 fully saturated rings. The van der Waals surface area contributed by atoms with E-state index in [1.165, 1.54) is 18.9 Å². The number of nitrogens with one attached hydrogen (secondary N) is 1. The van der Waals surface area contributed by atoms with E-state index < -0.39 is 0 Å². The van der Waals surface area contributed by atoms with Crippen LogP contribution in [-0.4, -0.2) is 12.6 Å². The molecule has 0 radical (unpaired) electrons. The Hall–Kier alpha value is -1.09. The molecular formula is C16H24FNO. The maximum atomic E-state index is 13.5. The lowest BCUT2D eigenvalue weighted by atomic mass is 10.1. The summed E-state index contributed by atoms with van der Waals surface area (Å²) < 4.78 is 19.1. The minimum absolute atomic E-state index is 0.214. The van der Waals surface area contributed by atoms with Crippen molar-refractivity contribution in [2.45, 2.75) is 52.1 Å². The second-order valence-electron chi connectivity index (χ2n) is 5.83. The monoisotopic (exact) mass is 265 g/mol. The van der Waals surface area contributed by atoms with Gasteiger partial charge in [-0.25, -0.2) is 4.39 Å². The van der Waals surface area contributed by atoms with E-state index in [0.717, 1.165) is 24.9 Å². The molecule has 0 aromatic heterocycles. The summed E-state index contributed by atoms with van der Waals surface area (Å²) >= 11 is 0. The lowest BCUT2D eigenvalue weighted by molar-refractivity contribution is 0.296. The SMILES string of the molecule is CC(C)CCCOc1cc(F)cc(CNC2CC2)c1. The molecule has 1 aliphatic carbocycles. The van der Waals surface area contributed by atoms with E-state index >= 15 is 0 Å². The summed E-state index contributed by atoms with van der Waals surface area (Å²) in [6.45, 7) is 5.79. The van der Waals surface area contributed by atoms with E-state index in [1.54, 1.807) is 6.07 Å². The highest BCUT2D eigenvalue weighted by atomic mass is 19.1. The highest BCUT2D eigenvalue weighted by molar-refractivity contribution is 5.29. The quantitative estimate of drug-likeness (QED) is 0.720. The van der Waals surface area contributed by atoms with Gasteiger partial charge in [-0.15, -0.1) is 0 Å². The van der Waals surface area contributed by atoms with Gasteiger partial charge in [-0.3, -0.25) is 0 Å². The zero-order valence-corrected chi connectivity index (χ0v) is 11.9. The van der Waals surface area contributed by atoms with Crippen molar-refractivity contribution >= 4 is 0 Å². The summed E-state index contributed by atoms with van der Waals surface area (Å²) in [5.74, 6) is 1.12. The zero-order valence-electron chi connectivity index (χ0n) is 11.9. The van der Waals surface area contributed by atoms with Crippen molar-refractivity contribution in [3.63, 3.8) is 0 Å². The molecule has 0 unspecified atom stereocenters. The van der Waals surface area contributed by atoms with Gasteiger partial charge in [0.05, 0.1) is 6.61 Å². The van der Waals surface area contributed by atoms with Crippen LogP contribution >= 0.6 is 0 Å². The van der Waals surface area contributed by atoms with Crippen molar-refractivity contribution in [1.82, 2.24) is 5.32 Å². The molecule has 0 saturated heterocycles. The van der Waals surface area contributed by atoms with Crippen LogP contribution in [0.4, 0.5) is 4.39 Å². The minimum atomic E-state index is -0.214. The van der Waals surface area contributed by atoms with Gasteiger partial charge < -0.3 is 10.1 Å². The van der Waals surface area contributed by atoms with Crippen LogP contribution < -0.4 is 10.1 Å². The summed E-state index contributed by atoms with van der Waals surface area (Å²) in [6.07, 6.45) is 4.65. The molecule has 0 bridgehead atoms. The second kappa shape index (κ2) is 6.90. The molecule has 0 heterocycles.